The molecular weight excluding hydrogens is 190 g/mol. The van der Waals surface area contributed by atoms with Crippen LogP contribution in [0.3, 0.4) is 0 Å². The van der Waals surface area contributed by atoms with Gasteiger partial charge in [-0.05, 0) is 37.9 Å². The first kappa shape index (κ1) is 10.7. The first-order valence-electron chi connectivity index (χ1n) is 5.70. The van der Waals surface area contributed by atoms with Gasteiger partial charge in [-0.2, -0.15) is 0 Å². The molecule has 1 fully saturated rings. The maximum Gasteiger partial charge on any atom is 0.135 e. The summed E-state index contributed by atoms with van der Waals surface area (Å²) in [7, 11) is 0. The van der Waals surface area contributed by atoms with Crippen LogP contribution in [0.5, 0.6) is 0 Å². The van der Waals surface area contributed by atoms with Crippen molar-refractivity contribution in [3.05, 3.63) is 23.7 Å². The van der Waals surface area contributed by atoms with E-state index < -0.39 is 0 Å². The highest BCUT2D eigenvalue weighted by molar-refractivity contribution is 5.17. The zero-order valence-corrected chi connectivity index (χ0v) is 9.45. The van der Waals surface area contributed by atoms with Crippen LogP contribution in [0.2, 0.25) is 0 Å². The molecule has 1 aliphatic heterocycles. The fourth-order valence-electron chi connectivity index (χ4n) is 2.17. The van der Waals surface area contributed by atoms with E-state index in [1.807, 2.05) is 6.07 Å². The zero-order chi connectivity index (χ0) is 10.7. The summed E-state index contributed by atoms with van der Waals surface area (Å²) in [6.07, 6.45) is 4.00. The van der Waals surface area contributed by atoms with Gasteiger partial charge in [0.25, 0.3) is 0 Å². The molecule has 3 heteroatoms. The molecule has 1 N–H and O–H groups in total. The lowest BCUT2D eigenvalue weighted by molar-refractivity contribution is -0.0120. The Bertz CT molecular complexity index is 306. The molecule has 1 aromatic heterocycles. The number of aryl methyl sites for hydroxylation is 1. The Morgan fingerprint density at radius 3 is 3.07 bits per heavy atom. The van der Waals surface area contributed by atoms with Crippen LogP contribution in [0.15, 0.2) is 16.7 Å². The number of furan rings is 1. The SMILES string of the molecule is CCNC1CCOC(c2occc2C)C1. The van der Waals surface area contributed by atoms with E-state index in [4.69, 9.17) is 9.15 Å². The average molecular weight is 209 g/mol. The average Bonchev–Trinajstić information content (AvgIpc) is 2.65. The Labute approximate surface area is 90.8 Å². The molecule has 2 unspecified atom stereocenters. The summed E-state index contributed by atoms with van der Waals surface area (Å²) in [6, 6.07) is 2.56. The molecule has 0 saturated carbocycles. The molecule has 0 aliphatic carbocycles. The highest BCUT2D eigenvalue weighted by Crippen LogP contribution is 2.30. The molecule has 0 radical (unpaired) electrons. The molecule has 2 rings (SSSR count). The predicted octanol–water partition coefficient (Wildman–Crippen LogP) is 2.42. The van der Waals surface area contributed by atoms with Crippen LogP contribution in [0.1, 0.15) is 37.2 Å². The molecule has 1 aromatic rings. The van der Waals surface area contributed by atoms with Crippen LogP contribution in [0.4, 0.5) is 0 Å². The topological polar surface area (TPSA) is 34.4 Å². The fraction of sp³-hybridized carbons (Fsp3) is 0.667. The highest BCUT2D eigenvalue weighted by Gasteiger charge is 2.26. The normalized spacial score (nSPS) is 26.8. The van der Waals surface area contributed by atoms with Crippen LogP contribution >= 0.6 is 0 Å². The van der Waals surface area contributed by atoms with Crippen molar-refractivity contribution in [3.8, 4) is 0 Å². The van der Waals surface area contributed by atoms with Crippen molar-refractivity contribution in [1.82, 2.24) is 5.32 Å². The van der Waals surface area contributed by atoms with Crippen molar-refractivity contribution in [3.63, 3.8) is 0 Å². The van der Waals surface area contributed by atoms with Gasteiger partial charge in [-0.25, -0.2) is 0 Å². The molecule has 84 valence electrons. The van der Waals surface area contributed by atoms with Crippen molar-refractivity contribution < 1.29 is 9.15 Å². The summed E-state index contributed by atoms with van der Waals surface area (Å²) in [6.45, 7) is 6.05. The lowest BCUT2D eigenvalue weighted by Gasteiger charge is -2.29. The molecule has 15 heavy (non-hydrogen) atoms. The summed E-state index contributed by atoms with van der Waals surface area (Å²) >= 11 is 0. The number of hydrogen-bond acceptors (Lipinski definition) is 3. The van der Waals surface area contributed by atoms with E-state index in [9.17, 15) is 0 Å². The number of nitrogens with one attached hydrogen (secondary N) is 1. The van der Waals surface area contributed by atoms with Gasteiger partial charge in [-0.1, -0.05) is 6.92 Å². The minimum atomic E-state index is 0.137. The molecule has 2 heterocycles. The number of rotatable bonds is 3. The number of ether oxygens (including phenoxy) is 1. The van der Waals surface area contributed by atoms with Crippen LogP contribution < -0.4 is 5.32 Å². The van der Waals surface area contributed by atoms with E-state index in [1.54, 1.807) is 6.26 Å². The lowest BCUT2D eigenvalue weighted by Crippen LogP contribution is -2.35. The van der Waals surface area contributed by atoms with Gasteiger partial charge >= 0.3 is 0 Å². The lowest BCUT2D eigenvalue weighted by atomic mass is 10.00. The van der Waals surface area contributed by atoms with Gasteiger partial charge in [0.1, 0.15) is 11.9 Å². The van der Waals surface area contributed by atoms with Gasteiger partial charge < -0.3 is 14.5 Å². The third-order valence-electron chi connectivity index (χ3n) is 2.97. The Balaban J connectivity index is 2.01. The van der Waals surface area contributed by atoms with E-state index in [-0.39, 0.29) is 6.10 Å². The van der Waals surface area contributed by atoms with E-state index in [1.165, 1.54) is 5.56 Å². The van der Waals surface area contributed by atoms with Crippen LogP contribution in [0, 0.1) is 6.92 Å². The highest BCUT2D eigenvalue weighted by atomic mass is 16.5. The van der Waals surface area contributed by atoms with Crippen molar-refractivity contribution >= 4 is 0 Å². The van der Waals surface area contributed by atoms with Gasteiger partial charge in [0.2, 0.25) is 0 Å². The molecule has 2 atom stereocenters. The van der Waals surface area contributed by atoms with Gasteiger partial charge in [-0.3, -0.25) is 0 Å². The number of hydrogen-bond donors (Lipinski definition) is 1. The first-order chi connectivity index (χ1) is 7.31. The van der Waals surface area contributed by atoms with E-state index >= 15 is 0 Å². The van der Waals surface area contributed by atoms with Crippen molar-refractivity contribution in [2.45, 2.75) is 38.8 Å². The van der Waals surface area contributed by atoms with Crippen LogP contribution in [0.25, 0.3) is 0 Å². The molecular formula is C12H19NO2. The largest absolute Gasteiger partial charge is 0.466 e. The maximum absolute atomic E-state index is 5.75. The Hall–Kier alpha value is -0.800. The minimum Gasteiger partial charge on any atom is -0.466 e. The van der Waals surface area contributed by atoms with Gasteiger partial charge in [0.05, 0.1) is 6.26 Å². The summed E-state index contributed by atoms with van der Waals surface area (Å²) in [5.74, 6) is 0.998. The second kappa shape index (κ2) is 4.81. The van der Waals surface area contributed by atoms with Crippen molar-refractivity contribution in [2.75, 3.05) is 13.2 Å². The van der Waals surface area contributed by atoms with Crippen LogP contribution in [-0.2, 0) is 4.74 Å². The van der Waals surface area contributed by atoms with Crippen molar-refractivity contribution in [2.24, 2.45) is 0 Å². The summed E-state index contributed by atoms with van der Waals surface area (Å²) in [5.41, 5.74) is 1.19. The fourth-order valence-corrected chi connectivity index (χ4v) is 2.17. The smallest absolute Gasteiger partial charge is 0.135 e. The molecule has 1 saturated heterocycles. The van der Waals surface area contributed by atoms with Crippen LogP contribution in [-0.4, -0.2) is 19.2 Å². The third-order valence-corrected chi connectivity index (χ3v) is 2.97. The van der Waals surface area contributed by atoms with Gasteiger partial charge in [0, 0.05) is 12.6 Å². The zero-order valence-electron chi connectivity index (χ0n) is 9.45. The van der Waals surface area contributed by atoms with E-state index in [0.29, 0.717) is 6.04 Å². The van der Waals surface area contributed by atoms with E-state index in [0.717, 1.165) is 31.8 Å². The third kappa shape index (κ3) is 2.41. The Morgan fingerprint density at radius 2 is 2.40 bits per heavy atom. The Kier molecular flexibility index (Phi) is 3.44. The molecule has 0 aromatic carbocycles. The Morgan fingerprint density at radius 1 is 1.53 bits per heavy atom. The molecule has 3 nitrogen and oxygen atoms in total. The summed E-state index contributed by atoms with van der Waals surface area (Å²) < 4.78 is 11.2. The summed E-state index contributed by atoms with van der Waals surface area (Å²) in [4.78, 5) is 0. The molecule has 0 bridgehead atoms. The maximum atomic E-state index is 5.75. The van der Waals surface area contributed by atoms with E-state index in [2.05, 4.69) is 19.2 Å². The quantitative estimate of drug-likeness (QED) is 0.830. The standard InChI is InChI=1S/C12H19NO2/c1-3-13-10-5-7-14-11(8-10)12-9(2)4-6-15-12/h4,6,10-11,13H,3,5,7-8H2,1-2H3. The second-order valence-corrected chi connectivity index (χ2v) is 4.11. The molecule has 0 amide bonds. The molecule has 0 spiro atoms. The predicted molar refractivity (Wildman–Crippen MR) is 58.8 cm³/mol. The summed E-state index contributed by atoms with van der Waals surface area (Å²) in [5, 5.41) is 3.47. The van der Waals surface area contributed by atoms with Gasteiger partial charge in [-0.15, -0.1) is 0 Å². The first-order valence-corrected chi connectivity index (χ1v) is 5.70. The monoisotopic (exact) mass is 209 g/mol. The minimum absolute atomic E-state index is 0.137. The van der Waals surface area contributed by atoms with Crippen molar-refractivity contribution in [1.29, 1.82) is 0 Å². The van der Waals surface area contributed by atoms with Gasteiger partial charge in [0.15, 0.2) is 0 Å². The second-order valence-electron chi connectivity index (χ2n) is 4.11. The molecule has 1 aliphatic rings.